The lowest BCUT2D eigenvalue weighted by atomic mass is 10.0. The molecule has 0 aliphatic carbocycles. The van der Waals surface area contributed by atoms with Crippen LogP contribution in [0.4, 0.5) is 4.39 Å². The molecule has 0 spiro atoms. The zero-order chi connectivity index (χ0) is 20.4. The van der Waals surface area contributed by atoms with Gasteiger partial charge in [-0.3, -0.25) is 9.89 Å². The molecule has 146 valence electrons. The Hall–Kier alpha value is -3.39. The van der Waals surface area contributed by atoms with Gasteiger partial charge in [0, 0.05) is 31.0 Å². The SMILES string of the molecule is Cn1c(CCNC(=O)c2cc(-c3ccc(F)cc3)nc3ccccc23)n[nH]c1=S. The number of para-hydroxylation sites is 1. The standard InChI is InChI=1S/C21H18FN5OS/c1-27-19(25-26-21(27)29)10-11-23-20(28)16-12-18(13-6-8-14(22)9-7-13)24-17-5-3-2-4-15(16)17/h2-9,12H,10-11H2,1H3,(H,23,28)(H,26,29). The van der Waals surface area contributed by atoms with Crippen molar-refractivity contribution in [2.75, 3.05) is 6.54 Å². The third-order valence-corrected chi connectivity index (χ3v) is 5.07. The van der Waals surface area contributed by atoms with Crippen molar-refractivity contribution in [2.24, 2.45) is 7.05 Å². The van der Waals surface area contributed by atoms with Gasteiger partial charge in [0.05, 0.1) is 16.8 Å². The first-order chi connectivity index (χ1) is 14.0. The Morgan fingerprint density at radius 3 is 2.69 bits per heavy atom. The molecule has 6 nitrogen and oxygen atoms in total. The normalized spacial score (nSPS) is 11.0. The third-order valence-electron chi connectivity index (χ3n) is 4.71. The summed E-state index contributed by atoms with van der Waals surface area (Å²) in [5.74, 6) is 0.243. The van der Waals surface area contributed by atoms with E-state index < -0.39 is 0 Å². The Morgan fingerprint density at radius 2 is 1.97 bits per heavy atom. The number of H-pyrrole nitrogens is 1. The van der Waals surface area contributed by atoms with Crippen LogP contribution in [0.5, 0.6) is 0 Å². The summed E-state index contributed by atoms with van der Waals surface area (Å²) in [7, 11) is 1.83. The Bertz CT molecular complexity index is 1250. The van der Waals surface area contributed by atoms with Crippen molar-refractivity contribution in [3.05, 3.63) is 76.6 Å². The van der Waals surface area contributed by atoms with E-state index in [0.717, 1.165) is 16.8 Å². The number of hydrogen-bond donors (Lipinski definition) is 2. The van der Waals surface area contributed by atoms with Crippen LogP contribution in [0.25, 0.3) is 22.2 Å². The van der Waals surface area contributed by atoms with Gasteiger partial charge in [-0.05, 0) is 48.6 Å². The highest BCUT2D eigenvalue weighted by molar-refractivity contribution is 7.71. The number of amides is 1. The van der Waals surface area contributed by atoms with Crippen molar-refractivity contribution in [3.8, 4) is 11.3 Å². The second-order valence-electron chi connectivity index (χ2n) is 6.59. The van der Waals surface area contributed by atoms with Crippen LogP contribution in [0.15, 0.2) is 54.6 Å². The number of hydrogen-bond acceptors (Lipinski definition) is 4. The first-order valence-corrected chi connectivity index (χ1v) is 9.48. The van der Waals surface area contributed by atoms with Crippen molar-refractivity contribution in [1.82, 2.24) is 25.1 Å². The molecule has 4 aromatic rings. The topological polar surface area (TPSA) is 75.6 Å². The maximum Gasteiger partial charge on any atom is 0.252 e. The molecule has 4 rings (SSSR count). The Morgan fingerprint density at radius 1 is 1.21 bits per heavy atom. The molecular weight excluding hydrogens is 389 g/mol. The van der Waals surface area contributed by atoms with E-state index in [9.17, 15) is 9.18 Å². The summed E-state index contributed by atoms with van der Waals surface area (Å²) in [6.07, 6.45) is 0.545. The van der Waals surface area contributed by atoms with Crippen molar-refractivity contribution in [1.29, 1.82) is 0 Å². The van der Waals surface area contributed by atoms with Crippen molar-refractivity contribution in [3.63, 3.8) is 0 Å². The zero-order valence-corrected chi connectivity index (χ0v) is 16.5. The Labute approximate surface area is 171 Å². The highest BCUT2D eigenvalue weighted by Crippen LogP contribution is 2.25. The molecule has 0 aliphatic heterocycles. The molecule has 0 unspecified atom stereocenters. The van der Waals surface area contributed by atoms with Crippen molar-refractivity contribution < 1.29 is 9.18 Å². The van der Waals surface area contributed by atoms with Crippen LogP contribution in [0, 0.1) is 10.6 Å². The number of rotatable bonds is 5. The average Bonchev–Trinajstić information content (AvgIpc) is 3.05. The second kappa shape index (κ2) is 7.92. The van der Waals surface area contributed by atoms with Crippen LogP contribution >= 0.6 is 12.2 Å². The summed E-state index contributed by atoms with van der Waals surface area (Å²) in [6, 6.07) is 15.3. The van der Waals surface area contributed by atoms with Gasteiger partial charge >= 0.3 is 0 Å². The first-order valence-electron chi connectivity index (χ1n) is 9.07. The molecule has 29 heavy (non-hydrogen) atoms. The number of carbonyl (C=O) groups is 1. The van der Waals surface area contributed by atoms with Crippen LogP contribution in [0.3, 0.4) is 0 Å². The molecule has 0 aliphatic rings. The predicted octanol–water partition coefficient (Wildman–Crippen LogP) is 3.80. The van der Waals surface area contributed by atoms with E-state index in [1.54, 1.807) is 22.8 Å². The fourth-order valence-corrected chi connectivity index (χ4v) is 3.27. The van der Waals surface area contributed by atoms with Gasteiger partial charge in [-0.2, -0.15) is 5.10 Å². The Balaban J connectivity index is 1.62. The van der Waals surface area contributed by atoms with Crippen LogP contribution in [0.2, 0.25) is 0 Å². The van der Waals surface area contributed by atoms with E-state index in [2.05, 4.69) is 20.5 Å². The molecule has 0 saturated carbocycles. The fourth-order valence-electron chi connectivity index (χ4n) is 3.12. The number of pyridine rings is 1. The molecule has 0 saturated heterocycles. The molecular formula is C21H18FN5OS. The minimum Gasteiger partial charge on any atom is -0.352 e. The van der Waals surface area contributed by atoms with Gasteiger partial charge in [-0.15, -0.1) is 0 Å². The lowest BCUT2D eigenvalue weighted by Crippen LogP contribution is -2.26. The minimum atomic E-state index is -0.318. The quantitative estimate of drug-likeness (QED) is 0.494. The monoisotopic (exact) mass is 407 g/mol. The smallest absolute Gasteiger partial charge is 0.252 e. The lowest BCUT2D eigenvalue weighted by Gasteiger charge is -2.11. The van der Waals surface area contributed by atoms with E-state index >= 15 is 0 Å². The number of fused-ring (bicyclic) bond motifs is 1. The maximum absolute atomic E-state index is 13.3. The molecule has 2 aromatic heterocycles. The number of benzene rings is 2. The largest absolute Gasteiger partial charge is 0.352 e. The molecule has 1 amide bonds. The van der Waals surface area contributed by atoms with E-state index in [4.69, 9.17) is 12.2 Å². The molecule has 8 heteroatoms. The van der Waals surface area contributed by atoms with E-state index in [1.807, 2.05) is 31.3 Å². The predicted molar refractivity (Wildman–Crippen MR) is 112 cm³/mol. The summed E-state index contributed by atoms with van der Waals surface area (Å²) in [4.78, 5) is 17.6. The van der Waals surface area contributed by atoms with E-state index in [-0.39, 0.29) is 11.7 Å². The lowest BCUT2D eigenvalue weighted by molar-refractivity contribution is 0.0955. The maximum atomic E-state index is 13.3. The van der Waals surface area contributed by atoms with E-state index in [0.29, 0.717) is 34.5 Å². The van der Waals surface area contributed by atoms with Crippen molar-refractivity contribution >= 4 is 29.0 Å². The molecule has 0 fully saturated rings. The van der Waals surface area contributed by atoms with Gasteiger partial charge in [0.2, 0.25) is 0 Å². The summed E-state index contributed by atoms with van der Waals surface area (Å²) >= 11 is 5.10. The summed E-state index contributed by atoms with van der Waals surface area (Å²) in [6.45, 7) is 0.412. The number of carbonyl (C=O) groups excluding carboxylic acids is 1. The van der Waals surface area contributed by atoms with Gasteiger partial charge in [-0.1, -0.05) is 18.2 Å². The number of halogens is 1. The number of aromatic nitrogens is 4. The molecule has 0 atom stereocenters. The molecule has 0 bridgehead atoms. The molecule has 2 N–H and O–H groups in total. The van der Waals surface area contributed by atoms with Crippen LogP contribution < -0.4 is 5.32 Å². The van der Waals surface area contributed by atoms with Crippen molar-refractivity contribution in [2.45, 2.75) is 6.42 Å². The van der Waals surface area contributed by atoms with Crippen LogP contribution in [0.1, 0.15) is 16.2 Å². The molecule has 2 heterocycles. The minimum absolute atomic E-state index is 0.205. The highest BCUT2D eigenvalue weighted by Gasteiger charge is 2.14. The fraction of sp³-hybridized carbons (Fsp3) is 0.143. The molecule has 2 aromatic carbocycles. The van der Waals surface area contributed by atoms with Gasteiger partial charge in [-0.25, -0.2) is 9.37 Å². The van der Waals surface area contributed by atoms with E-state index in [1.165, 1.54) is 12.1 Å². The number of nitrogens with zero attached hydrogens (tertiary/aromatic N) is 3. The number of aromatic amines is 1. The second-order valence-corrected chi connectivity index (χ2v) is 6.98. The average molecular weight is 407 g/mol. The third kappa shape index (κ3) is 3.93. The summed E-state index contributed by atoms with van der Waals surface area (Å²) in [5.41, 5.74) is 2.58. The summed E-state index contributed by atoms with van der Waals surface area (Å²) in [5, 5.41) is 10.6. The van der Waals surface area contributed by atoms with Gasteiger partial charge in [0.25, 0.3) is 5.91 Å². The molecule has 0 radical (unpaired) electrons. The van der Waals surface area contributed by atoms with Gasteiger partial charge in [0.15, 0.2) is 4.77 Å². The zero-order valence-electron chi connectivity index (χ0n) is 15.6. The Kier molecular flexibility index (Phi) is 5.18. The first kappa shape index (κ1) is 18.9. The van der Waals surface area contributed by atoms with Crippen LogP contribution in [-0.2, 0) is 13.5 Å². The van der Waals surface area contributed by atoms with Gasteiger partial charge in [0.1, 0.15) is 11.6 Å². The van der Waals surface area contributed by atoms with Crippen LogP contribution in [-0.4, -0.2) is 32.2 Å². The number of nitrogens with one attached hydrogen (secondary N) is 2. The summed E-state index contributed by atoms with van der Waals surface area (Å²) < 4.78 is 15.6. The van der Waals surface area contributed by atoms with Gasteiger partial charge < -0.3 is 9.88 Å². The highest BCUT2D eigenvalue weighted by atomic mass is 32.1.